The van der Waals surface area contributed by atoms with E-state index in [1.807, 2.05) is 36.4 Å². The van der Waals surface area contributed by atoms with Crippen LogP contribution in [-0.2, 0) is 6.61 Å². The van der Waals surface area contributed by atoms with Gasteiger partial charge < -0.3 is 25.5 Å². The highest BCUT2D eigenvalue weighted by Crippen LogP contribution is 2.47. The van der Waals surface area contributed by atoms with Crippen LogP contribution in [0.1, 0.15) is 22.6 Å². The van der Waals surface area contributed by atoms with Gasteiger partial charge in [0, 0.05) is 23.2 Å². The van der Waals surface area contributed by atoms with E-state index in [2.05, 4.69) is 21.4 Å². The summed E-state index contributed by atoms with van der Waals surface area (Å²) < 4.78 is 12.6. The lowest BCUT2D eigenvalue weighted by molar-refractivity contribution is 0.302. The molecule has 170 valence electrons. The van der Waals surface area contributed by atoms with Gasteiger partial charge in [0.2, 0.25) is 5.88 Å². The summed E-state index contributed by atoms with van der Waals surface area (Å²) >= 11 is 7.60. The smallest absolute Gasteiger partial charge is 0.257 e. The van der Waals surface area contributed by atoms with Gasteiger partial charge in [-0.1, -0.05) is 59.3 Å². The molecule has 0 fully saturated rings. The lowest BCUT2D eigenvalue weighted by Crippen LogP contribution is -2.28. The highest BCUT2D eigenvalue weighted by Gasteiger charge is 2.37. The van der Waals surface area contributed by atoms with Crippen LogP contribution in [0.15, 0.2) is 64.8 Å². The SMILES string of the molecule is CNc1nc2[nH]c(=O)c3c(c2s1)OC(N)=C(C#N)C3c1ccccc1OCc1ccccc1Cl. The largest absolute Gasteiger partial charge is 0.489 e. The molecule has 10 heteroatoms. The number of aromatic amines is 1. The number of para-hydroxylation sites is 1. The normalized spacial score (nSPS) is 14.9. The second-order valence-corrected chi connectivity index (χ2v) is 8.89. The number of ether oxygens (including phenoxy) is 2. The lowest BCUT2D eigenvalue weighted by atomic mass is 9.83. The number of H-pyrrole nitrogens is 1. The van der Waals surface area contributed by atoms with E-state index in [4.69, 9.17) is 26.8 Å². The maximum absolute atomic E-state index is 13.2. The van der Waals surface area contributed by atoms with E-state index in [-0.39, 0.29) is 23.6 Å². The molecule has 3 heterocycles. The first-order valence-electron chi connectivity index (χ1n) is 10.3. The molecular weight excluding hydrogens is 474 g/mol. The molecule has 0 saturated carbocycles. The number of benzene rings is 2. The van der Waals surface area contributed by atoms with Crippen molar-refractivity contribution in [1.29, 1.82) is 5.26 Å². The van der Waals surface area contributed by atoms with Crippen molar-refractivity contribution in [2.45, 2.75) is 12.5 Å². The Balaban J connectivity index is 1.67. The Bertz CT molecular complexity index is 1550. The number of anilines is 1. The zero-order valence-corrected chi connectivity index (χ0v) is 19.5. The minimum atomic E-state index is -0.788. The molecule has 0 spiro atoms. The number of hydrogen-bond acceptors (Lipinski definition) is 8. The highest BCUT2D eigenvalue weighted by atomic mass is 35.5. The third-order valence-electron chi connectivity index (χ3n) is 5.51. The first kappa shape index (κ1) is 21.8. The molecule has 0 saturated heterocycles. The quantitative estimate of drug-likeness (QED) is 0.375. The Hall–Kier alpha value is -4.00. The van der Waals surface area contributed by atoms with Gasteiger partial charge in [0.25, 0.3) is 5.56 Å². The van der Waals surface area contributed by atoms with E-state index in [0.29, 0.717) is 37.6 Å². The Kier molecular flexibility index (Phi) is 5.61. The van der Waals surface area contributed by atoms with Crippen molar-refractivity contribution in [1.82, 2.24) is 9.97 Å². The van der Waals surface area contributed by atoms with Crippen LogP contribution in [0.3, 0.4) is 0 Å². The molecule has 4 N–H and O–H groups in total. The van der Waals surface area contributed by atoms with E-state index >= 15 is 0 Å². The minimum absolute atomic E-state index is 0.0628. The second-order valence-electron chi connectivity index (χ2n) is 7.49. The standard InChI is InChI=1S/C24H18ClN5O3S/c1-28-24-30-22-20(34-24)19-18(23(31)29-22)17(14(10-26)21(27)33-19)13-7-3-5-9-16(13)32-11-12-6-2-4-8-15(12)25/h2-9,17H,11,27H2,1H3,(H2,28,29,30,31). The van der Waals surface area contributed by atoms with E-state index in [1.54, 1.807) is 19.2 Å². The van der Waals surface area contributed by atoms with Crippen molar-refractivity contribution in [2.24, 2.45) is 5.73 Å². The molecule has 0 bridgehead atoms. The number of allylic oxidation sites excluding steroid dienone is 1. The van der Waals surface area contributed by atoms with E-state index < -0.39 is 11.5 Å². The van der Waals surface area contributed by atoms with Crippen LogP contribution in [-0.4, -0.2) is 17.0 Å². The molecule has 2 aromatic heterocycles. The maximum atomic E-state index is 13.2. The molecule has 0 radical (unpaired) electrons. The number of hydrogen-bond donors (Lipinski definition) is 3. The summed E-state index contributed by atoms with van der Waals surface area (Å²) in [6.07, 6.45) is 0. The van der Waals surface area contributed by atoms with Crippen molar-refractivity contribution in [3.8, 4) is 17.6 Å². The van der Waals surface area contributed by atoms with Gasteiger partial charge in [-0.15, -0.1) is 0 Å². The van der Waals surface area contributed by atoms with Gasteiger partial charge in [0.1, 0.15) is 28.7 Å². The molecule has 1 aliphatic rings. The number of nitrogens with zero attached hydrogens (tertiary/aromatic N) is 2. The van der Waals surface area contributed by atoms with Gasteiger partial charge in [-0.05, 0) is 12.1 Å². The molecule has 1 aliphatic heterocycles. The van der Waals surface area contributed by atoms with E-state index in [9.17, 15) is 10.1 Å². The van der Waals surface area contributed by atoms with Crippen LogP contribution in [0.5, 0.6) is 11.5 Å². The monoisotopic (exact) mass is 491 g/mol. The number of thiazole rings is 1. The van der Waals surface area contributed by atoms with Crippen molar-refractivity contribution < 1.29 is 9.47 Å². The number of nitrogens with two attached hydrogens (primary N) is 1. The minimum Gasteiger partial charge on any atom is -0.489 e. The zero-order chi connectivity index (χ0) is 23.8. The van der Waals surface area contributed by atoms with Gasteiger partial charge >= 0.3 is 0 Å². The first-order valence-corrected chi connectivity index (χ1v) is 11.5. The third-order valence-corrected chi connectivity index (χ3v) is 6.96. The van der Waals surface area contributed by atoms with Crippen molar-refractivity contribution in [3.05, 3.63) is 92.1 Å². The molecule has 1 atom stereocenters. The average molecular weight is 492 g/mol. The Labute approximate surface area is 203 Å². The van der Waals surface area contributed by atoms with Gasteiger partial charge in [-0.25, -0.2) is 4.98 Å². The molecule has 2 aromatic carbocycles. The molecule has 8 nitrogen and oxygen atoms in total. The number of nitriles is 1. The van der Waals surface area contributed by atoms with Crippen LogP contribution in [0, 0.1) is 11.3 Å². The van der Waals surface area contributed by atoms with E-state index in [1.165, 1.54) is 11.3 Å². The number of fused-ring (bicyclic) bond motifs is 3. The maximum Gasteiger partial charge on any atom is 0.257 e. The van der Waals surface area contributed by atoms with Crippen LogP contribution in [0.4, 0.5) is 5.13 Å². The van der Waals surface area contributed by atoms with Gasteiger partial charge in [-0.2, -0.15) is 5.26 Å². The number of rotatable bonds is 5. The van der Waals surface area contributed by atoms with Gasteiger partial charge in [0.15, 0.2) is 16.5 Å². The topological polar surface area (TPSA) is 126 Å². The fourth-order valence-corrected chi connectivity index (χ4v) is 4.99. The summed E-state index contributed by atoms with van der Waals surface area (Å²) in [7, 11) is 1.74. The zero-order valence-electron chi connectivity index (χ0n) is 17.9. The number of halogens is 1. The molecule has 0 amide bonds. The van der Waals surface area contributed by atoms with E-state index in [0.717, 1.165) is 5.56 Å². The number of nitrogens with one attached hydrogen (secondary N) is 2. The summed E-state index contributed by atoms with van der Waals surface area (Å²) in [5.74, 6) is -0.0580. The van der Waals surface area contributed by atoms with Crippen LogP contribution in [0.25, 0.3) is 10.3 Å². The summed E-state index contributed by atoms with van der Waals surface area (Å²) in [4.78, 5) is 20.4. The molecular formula is C24H18ClN5O3S. The summed E-state index contributed by atoms with van der Waals surface area (Å²) in [5.41, 5.74) is 7.98. The molecule has 1 unspecified atom stereocenters. The van der Waals surface area contributed by atoms with Crippen LogP contribution >= 0.6 is 22.9 Å². The van der Waals surface area contributed by atoms with Crippen LogP contribution < -0.4 is 26.1 Å². The van der Waals surface area contributed by atoms with Crippen molar-refractivity contribution >= 4 is 38.4 Å². The summed E-state index contributed by atoms with van der Waals surface area (Å²) in [5, 5.41) is 14.1. The first-order chi connectivity index (χ1) is 16.5. The fraction of sp³-hybridized carbons (Fsp3) is 0.125. The number of pyridine rings is 1. The predicted octanol–water partition coefficient (Wildman–Crippen LogP) is 4.48. The van der Waals surface area contributed by atoms with Crippen molar-refractivity contribution in [3.63, 3.8) is 0 Å². The van der Waals surface area contributed by atoms with Crippen molar-refractivity contribution in [2.75, 3.05) is 12.4 Å². The summed E-state index contributed by atoms with van der Waals surface area (Å²) in [6, 6.07) is 16.7. The summed E-state index contributed by atoms with van der Waals surface area (Å²) in [6.45, 7) is 0.212. The second kappa shape index (κ2) is 8.74. The highest BCUT2D eigenvalue weighted by molar-refractivity contribution is 7.22. The number of aromatic nitrogens is 2. The molecule has 5 rings (SSSR count). The molecule has 0 aliphatic carbocycles. The Morgan fingerprint density at radius 3 is 2.82 bits per heavy atom. The third kappa shape index (κ3) is 3.63. The molecule has 4 aromatic rings. The van der Waals surface area contributed by atoms with Crippen LogP contribution in [0.2, 0.25) is 5.02 Å². The average Bonchev–Trinajstić information content (AvgIpc) is 3.26. The fourth-order valence-electron chi connectivity index (χ4n) is 3.93. The predicted molar refractivity (Wildman–Crippen MR) is 131 cm³/mol. The Morgan fingerprint density at radius 2 is 2.06 bits per heavy atom. The lowest BCUT2D eigenvalue weighted by Gasteiger charge is -2.27. The molecule has 34 heavy (non-hydrogen) atoms. The van der Waals surface area contributed by atoms with Gasteiger partial charge in [-0.3, -0.25) is 4.79 Å². The van der Waals surface area contributed by atoms with Gasteiger partial charge in [0.05, 0.1) is 11.5 Å². The Morgan fingerprint density at radius 1 is 1.29 bits per heavy atom.